The highest BCUT2D eigenvalue weighted by Gasteiger charge is 2.17. The van der Waals surface area contributed by atoms with Crippen molar-refractivity contribution < 1.29 is 9.18 Å². The quantitative estimate of drug-likeness (QED) is 0.622. The molecular weight excluding hydrogens is 370 g/mol. The Kier molecular flexibility index (Phi) is 4.85. The number of aryl methyl sites for hydroxylation is 1. The number of halogens is 3. The Bertz CT molecular complexity index is 909. The lowest BCUT2D eigenvalue weighted by molar-refractivity contribution is 0.103. The Labute approximate surface area is 152 Å². The lowest BCUT2D eigenvalue weighted by Crippen LogP contribution is -2.11. The summed E-state index contributed by atoms with van der Waals surface area (Å²) in [6.45, 7) is 1.75. The maximum atomic E-state index is 13.0. The number of rotatable bonds is 3. The van der Waals surface area contributed by atoms with Gasteiger partial charge in [-0.2, -0.15) is 0 Å². The number of nitrogens with zero attached hydrogens (tertiary/aromatic N) is 1. The monoisotopic (exact) mass is 380 g/mol. The van der Waals surface area contributed by atoms with Gasteiger partial charge in [0.25, 0.3) is 5.91 Å². The normalized spacial score (nSPS) is 10.7. The van der Waals surface area contributed by atoms with Crippen molar-refractivity contribution in [3.8, 4) is 10.6 Å². The summed E-state index contributed by atoms with van der Waals surface area (Å²) in [5, 5.41) is 4.25. The summed E-state index contributed by atoms with van der Waals surface area (Å²) in [5.74, 6) is -0.620. The van der Waals surface area contributed by atoms with E-state index in [0.29, 0.717) is 31.3 Å². The molecular formula is C17H11Cl2FN2OS. The third kappa shape index (κ3) is 3.59. The summed E-state index contributed by atoms with van der Waals surface area (Å²) in [5.41, 5.74) is 1.83. The van der Waals surface area contributed by atoms with Crippen molar-refractivity contribution in [3.05, 3.63) is 68.9 Å². The molecule has 1 amide bonds. The highest BCUT2D eigenvalue weighted by molar-refractivity contribution is 7.17. The lowest BCUT2D eigenvalue weighted by atomic mass is 10.2. The SMILES string of the molecule is Cc1nc(-c2ccc(F)cc2)sc1C(=O)Nc1ccc(Cl)cc1Cl. The van der Waals surface area contributed by atoms with E-state index in [2.05, 4.69) is 10.3 Å². The Hall–Kier alpha value is -1.95. The lowest BCUT2D eigenvalue weighted by Gasteiger charge is -2.06. The van der Waals surface area contributed by atoms with Crippen LogP contribution in [0.25, 0.3) is 10.6 Å². The number of amides is 1. The van der Waals surface area contributed by atoms with Gasteiger partial charge in [-0.05, 0) is 49.4 Å². The molecule has 0 spiro atoms. The van der Waals surface area contributed by atoms with Crippen molar-refractivity contribution in [1.82, 2.24) is 4.98 Å². The first-order valence-corrected chi connectivity index (χ1v) is 8.51. The second kappa shape index (κ2) is 6.89. The first kappa shape index (κ1) is 16.9. The fraction of sp³-hybridized carbons (Fsp3) is 0.0588. The summed E-state index contributed by atoms with van der Waals surface area (Å²) in [6, 6.07) is 10.8. The molecule has 3 rings (SSSR count). The number of nitrogens with one attached hydrogen (secondary N) is 1. The van der Waals surface area contributed by atoms with E-state index >= 15 is 0 Å². The van der Waals surface area contributed by atoms with Gasteiger partial charge in [-0.3, -0.25) is 4.79 Å². The average Bonchev–Trinajstić information content (AvgIpc) is 2.93. The van der Waals surface area contributed by atoms with Gasteiger partial charge in [0.1, 0.15) is 15.7 Å². The predicted molar refractivity (Wildman–Crippen MR) is 96.7 cm³/mol. The van der Waals surface area contributed by atoms with E-state index in [1.807, 2.05) is 0 Å². The van der Waals surface area contributed by atoms with E-state index < -0.39 is 0 Å². The van der Waals surface area contributed by atoms with Crippen molar-refractivity contribution in [3.63, 3.8) is 0 Å². The summed E-state index contributed by atoms with van der Waals surface area (Å²) >= 11 is 13.2. The zero-order valence-electron chi connectivity index (χ0n) is 12.4. The standard InChI is InChI=1S/C17H11Cl2FN2OS/c1-9-15(16(23)22-14-7-4-11(18)8-13(14)19)24-17(21-9)10-2-5-12(20)6-3-10/h2-8H,1H3,(H,22,23). The zero-order valence-corrected chi connectivity index (χ0v) is 14.8. The van der Waals surface area contributed by atoms with Crippen LogP contribution in [0.4, 0.5) is 10.1 Å². The van der Waals surface area contributed by atoms with Crippen LogP contribution in [-0.4, -0.2) is 10.9 Å². The van der Waals surface area contributed by atoms with Gasteiger partial charge in [0.15, 0.2) is 0 Å². The molecule has 1 aromatic heterocycles. The number of hydrogen-bond acceptors (Lipinski definition) is 3. The summed E-state index contributed by atoms with van der Waals surface area (Å²) in [6.07, 6.45) is 0. The van der Waals surface area contributed by atoms with Gasteiger partial charge in [-0.15, -0.1) is 11.3 Å². The largest absolute Gasteiger partial charge is 0.320 e. The van der Waals surface area contributed by atoms with Crippen LogP contribution in [0.3, 0.4) is 0 Å². The Balaban J connectivity index is 1.86. The molecule has 3 nitrogen and oxygen atoms in total. The van der Waals surface area contributed by atoms with E-state index in [0.717, 1.165) is 5.56 Å². The molecule has 3 aromatic rings. The predicted octanol–water partition coefficient (Wildman–Crippen LogP) is 5.82. The van der Waals surface area contributed by atoms with E-state index in [1.54, 1.807) is 37.3 Å². The van der Waals surface area contributed by atoms with Crippen LogP contribution in [-0.2, 0) is 0 Å². The topological polar surface area (TPSA) is 42.0 Å². The highest BCUT2D eigenvalue weighted by Crippen LogP contribution is 2.30. The molecule has 7 heteroatoms. The number of benzene rings is 2. The van der Waals surface area contributed by atoms with Crippen molar-refractivity contribution in [1.29, 1.82) is 0 Å². The Morgan fingerprint density at radius 2 is 1.88 bits per heavy atom. The fourth-order valence-corrected chi connectivity index (χ4v) is 3.52. The van der Waals surface area contributed by atoms with E-state index in [4.69, 9.17) is 23.2 Å². The van der Waals surface area contributed by atoms with Crippen LogP contribution in [0.1, 0.15) is 15.4 Å². The Morgan fingerprint density at radius 1 is 1.17 bits per heavy atom. The minimum atomic E-state index is -0.317. The minimum absolute atomic E-state index is 0.303. The summed E-state index contributed by atoms with van der Waals surface area (Å²) in [7, 11) is 0. The van der Waals surface area contributed by atoms with Crippen LogP contribution in [0, 0.1) is 12.7 Å². The van der Waals surface area contributed by atoms with Gasteiger partial charge < -0.3 is 5.32 Å². The first-order chi connectivity index (χ1) is 11.4. The molecule has 0 saturated heterocycles. The maximum absolute atomic E-state index is 13.0. The molecule has 0 bridgehead atoms. The number of carbonyl (C=O) groups is 1. The van der Waals surface area contributed by atoms with Crippen molar-refractivity contribution in [2.24, 2.45) is 0 Å². The molecule has 0 atom stereocenters. The Morgan fingerprint density at radius 3 is 2.54 bits per heavy atom. The minimum Gasteiger partial charge on any atom is -0.320 e. The second-order valence-electron chi connectivity index (χ2n) is 5.02. The molecule has 0 aliphatic heterocycles. The van der Waals surface area contributed by atoms with E-state index in [9.17, 15) is 9.18 Å². The molecule has 1 heterocycles. The third-order valence-electron chi connectivity index (χ3n) is 3.27. The average molecular weight is 381 g/mol. The van der Waals surface area contributed by atoms with Gasteiger partial charge in [0.2, 0.25) is 0 Å². The number of anilines is 1. The molecule has 0 aliphatic rings. The second-order valence-corrected chi connectivity index (χ2v) is 6.86. The molecule has 0 unspecified atom stereocenters. The van der Waals surface area contributed by atoms with Gasteiger partial charge in [-0.25, -0.2) is 9.37 Å². The number of carbonyl (C=O) groups excluding carboxylic acids is 1. The highest BCUT2D eigenvalue weighted by atomic mass is 35.5. The number of thiazole rings is 1. The summed E-state index contributed by atoms with van der Waals surface area (Å²) in [4.78, 5) is 17.3. The molecule has 0 radical (unpaired) electrons. The third-order valence-corrected chi connectivity index (χ3v) is 5.03. The number of aromatic nitrogens is 1. The van der Waals surface area contributed by atoms with Gasteiger partial charge in [0, 0.05) is 10.6 Å². The zero-order chi connectivity index (χ0) is 17.3. The van der Waals surface area contributed by atoms with Crippen LogP contribution >= 0.6 is 34.5 Å². The molecule has 0 aliphatic carbocycles. The smallest absolute Gasteiger partial charge is 0.267 e. The van der Waals surface area contributed by atoms with Gasteiger partial charge in [0.05, 0.1) is 16.4 Å². The summed E-state index contributed by atoms with van der Waals surface area (Å²) < 4.78 is 13.0. The van der Waals surface area contributed by atoms with Gasteiger partial charge >= 0.3 is 0 Å². The van der Waals surface area contributed by atoms with Crippen LogP contribution in [0.2, 0.25) is 10.0 Å². The van der Waals surface area contributed by atoms with Gasteiger partial charge in [-0.1, -0.05) is 23.2 Å². The molecule has 0 saturated carbocycles. The molecule has 2 aromatic carbocycles. The van der Waals surface area contributed by atoms with Crippen molar-refractivity contribution in [2.75, 3.05) is 5.32 Å². The molecule has 1 N–H and O–H groups in total. The molecule has 0 fully saturated rings. The van der Waals surface area contributed by atoms with Crippen LogP contribution < -0.4 is 5.32 Å². The molecule has 122 valence electrons. The van der Waals surface area contributed by atoms with Crippen LogP contribution in [0.15, 0.2) is 42.5 Å². The number of hydrogen-bond donors (Lipinski definition) is 1. The van der Waals surface area contributed by atoms with Crippen molar-refractivity contribution >= 4 is 46.1 Å². The molecule has 24 heavy (non-hydrogen) atoms. The van der Waals surface area contributed by atoms with E-state index in [-0.39, 0.29) is 11.7 Å². The maximum Gasteiger partial charge on any atom is 0.267 e. The van der Waals surface area contributed by atoms with E-state index in [1.165, 1.54) is 23.5 Å². The first-order valence-electron chi connectivity index (χ1n) is 6.94. The fourth-order valence-electron chi connectivity index (χ4n) is 2.09. The van der Waals surface area contributed by atoms with Crippen LogP contribution in [0.5, 0.6) is 0 Å². The van der Waals surface area contributed by atoms with Crippen molar-refractivity contribution in [2.45, 2.75) is 6.92 Å².